The molecule has 0 spiro atoms. The molecule has 1 rings (SSSR count). The quantitative estimate of drug-likeness (QED) is 0.613. The molecule has 0 aliphatic heterocycles. The van der Waals surface area contributed by atoms with Gasteiger partial charge in [0.05, 0.1) is 7.11 Å². The lowest BCUT2D eigenvalue weighted by atomic mass is 10.2. The summed E-state index contributed by atoms with van der Waals surface area (Å²) in [6, 6.07) is 5.04. The zero-order valence-electron chi connectivity index (χ0n) is 7.76. The average Bonchev–Trinajstić information content (AvgIpc) is 2.14. The summed E-state index contributed by atoms with van der Waals surface area (Å²) in [4.78, 5) is 0. The summed E-state index contributed by atoms with van der Waals surface area (Å²) in [5.41, 5.74) is 0.222. The minimum atomic E-state index is -4.73. The normalized spacial score (nSPS) is 10.9. The van der Waals surface area contributed by atoms with Crippen LogP contribution < -0.4 is 4.74 Å². The summed E-state index contributed by atoms with van der Waals surface area (Å²) in [6.07, 6.45) is -4.73. The summed E-state index contributed by atoms with van der Waals surface area (Å²) >= 11 is 0. The Labute approximate surface area is 83.9 Å². The highest BCUT2D eigenvalue weighted by atomic mass is 19.4. The lowest BCUT2D eigenvalue weighted by molar-refractivity contribution is -0.274. The van der Waals surface area contributed by atoms with Crippen molar-refractivity contribution in [1.82, 2.24) is 0 Å². The van der Waals surface area contributed by atoms with Gasteiger partial charge >= 0.3 is 6.36 Å². The molecule has 0 bridgehead atoms. The van der Waals surface area contributed by atoms with Crippen molar-refractivity contribution in [1.29, 1.82) is 5.41 Å². The molecule has 0 saturated carbocycles. The average molecular weight is 219 g/mol. The Kier molecular flexibility index (Phi) is 3.18. The van der Waals surface area contributed by atoms with Crippen molar-refractivity contribution in [2.45, 2.75) is 6.36 Å². The van der Waals surface area contributed by atoms with Crippen molar-refractivity contribution in [2.75, 3.05) is 7.11 Å². The van der Waals surface area contributed by atoms with Gasteiger partial charge in [0.2, 0.25) is 5.90 Å². The Morgan fingerprint density at radius 1 is 1.33 bits per heavy atom. The highest BCUT2D eigenvalue weighted by Gasteiger charge is 2.31. The number of halogens is 3. The zero-order chi connectivity index (χ0) is 11.5. The van der Waals surface area contributed by atoms with E-state index in [9.17, 15) is 13.2 Å². The molecule has 82 valence electrons. The molecule has 0 atom stereocenters. The van der Waals surface area contributed by atoms with E-state index in [1.54, 1.807) is 0 Å². The van der Waals surface area contributed by atoms with E-state index in [4.69, 9.17) is 5.41 Å². The molecular weight excluding hydrogens is 211 g/mol. The molecular formula is C9H8F3NO2. The van der Waals surface area contributed by atoms with Crippen molar-refractivity contribution < 1.29 is 22.6 Å². The van der Waals surface area contributed by atoms with Crippen LogP contribution in [-0.2, 0) is 4.74 Å². The summed E-state index contributed by atoms with van der Waals surface area (Å²) in [6.45, 7) is 0. The van der Waals surface area contributed by atoms with Gasteiger partial charge in [-0.25, -0.2) is 0 Å². The van der Waals surface area contributed by atoms with Gasteiger partial charge in [-0.15, -0.1) is 13.2 Å². The van der Waals surface area contributed by atoms with Gasteiger partial charge < -0.3 is 9.47 Å². The van der Waals surface area contributed by atoms with Crippen molar-refractivity contribution in [3.05, 3.63) is 29.8 Å². The highest BCUT2D eigenvalue weighted by molar-refractivity contribution is 5.91. The van der Waals surface area contributed by atoms with Gasteiger partial charge in [-0.3, -0.25) is 5.41 Å². The monoisotopic (exact) mass is 219 g/mol. The lowest BCUT2D eigenvalue weighted by Gasteiger charge is -2.09. The van der Waals surface area contributed by atoms with Crippen LogP contribution in [0.1, 0.15) is 5.56 Å². The molecule has 0 unspecified atom stereocenters. The van der Waals surface area contributed by atoms with Crippen LogP contribution in [-0.4, -0.2) is 19.4 Å². The molecule has 0 aromatic heterocycles. The molecule has 0 radical (unpaired) electrons. The third-order valence-corrected chi connectivity index (χ3v) is 1.53. The number of hydrogen-bond acceptors (Lipinski definition) is 3. The van der Waals surface area contributed by atoms with Crippen LogP contribution in [0.4, 0.5) is 13.2 Å². The molecule has 1 aromatic rings. The van der Waals surface area contributed by atoms with E-state index in [0.717, 1.165) is 12.1 Å². The Balaban J connectivity index is 2.88. The predicted molar refractivity (Wildman–Crippen MR) is 47.0 cm³/mol. The minimum absolute atomic E-state index is 0.220. The number of alkyl halides is 3. The van der Waals surface area contributed by atoms with Crippen LogP contribution in [0.3, 0.4) is 0 Å². The van der Waals surface area contributed by atoms with Crippen LogP contribution >= 0.6 is 0 Å². The van der Waals surface area contributed by atoms with E-state index >= 15 is 0 Å². The van der Waals surface area contributed by atoms with E-state index in [-0.39, 0.29) is 17.2 Å². The molecule has 1 N–H and O–H groups in total. The number of ether oxygens (including phenoxy) is 2. The van der Waals surface area contributed by atoms with Crippen molar-refractivity contribution in [2.24, 2.45) is 0 Å². The Hall–Kier alpha value is -1.72. The van der Waals surface area contributed by atoms with Gasteiger partial charge in [0.15, 0.2) is 0 Å². The first kappa shape index (κ1) is 11.4. The van der Waals surface area contributed by atoms with Crippen molar-refractivity contribution >= 4 is 5.90 Å². The molecule has 0 fully saturated rings. The number of rotatable bonds is 2. The summed E-state index contributed by atoms with van der Waals surface area (Å²) in [5, 5.41) is 7.25. The third-order valence-electron chi connectivity index (χ3n) is 1.53. The zero-order valence-corrected chi connectivity index (χ0v) is 7.76. The van der Waals surface area contributed by atoms with E-state index in [0.29, 0.717) is 0 Å². The molecule has 6 heteroatoms. The molecule has 3 nitrogen and oxygen atoms in total. The van der Waals surface area contributed by atoms with Gasteiger partial charge in [0, 0.05) is 5.56 Å². The third kappa shape index (κ3) is 3.49. The number of nitrogens with one attached hydrogen (secondary N) is 1. The maximum absolute atomic E-state index is 11.8. The molecule has 0 aliphatic carbocycles. The fourth-order valence-corrected chi connectivity index (χ4v) is 0.952. The Morgan fingerprint density at radius 3 is 2.53 bits per heavy atom. The number of hydrogen-bond donors (Lipinski definition) is 1. The van der Waals surface area contributed by atoms with Crippen LogP contribution in [0.5, 0.6) is 5.75 Å². The second kappa shape index (κ2) is 4.20. The molecule has 1 aromatic carbocycles. The van der Waals surface area contributed by atoms with E-state index in [2.05, 4.69) is 9.47 Å². The topological polar surface area (TPSA) is 42.3 Å². The number of benzene rings is 1. The standard InChI is InChI=1S/C9H8F3NO2/c1-14-8(13)6-3-2-4-7(5-6)15-9(10,11)12/h2-5,13H,1H3. The predicted octanol–water partition coefficient (Wildman–Crippen LogP) is 2.56. The summed E-state index contributed by atoms with van der Waals surface area (Å²) < 4.78 is 43.8. The fraction of sp³-hybridized carbons (Fsp3) is 0.222. The Bertz CT molecular complexity index is 363. The fourth-order valence-electron chi connectivity index (χ4n) is 0.952. The second-order valence-electron chi connectivity index (χ2n) is 2.61. The molecule has 0 heterocycles. The van der Waals surface area contributed by atoms with Gasteiger partial charge in [-0.05, 0) is 18.2 Å². The first-order valence-corrected chi connectivity index (χ1v) is 3.91. The van der Waals surface area contributed by atoms with Gasteiger partial charge in [0.1, 0.15) is 5.75 Å². The van der Waals surface area contributed by atoms with Crippen LogP contribution in [0.15, 0.2) is 24.3 Å². The maximum Gasteiger partial charge on any atom is 0.573 e. The van der Waals surface area contributed by atoms with Crippen molar-refractivity contribution in [3.8, 4) is 5.75 Å². The second-order valence-corrected chi connectivity index (χ2v) is 2.61. The first-order chi connectivity index (χ1) is 6.92. The van der Waals surface area contributed by atoms with Crippen molar-refractivity contribution in [3.63, 3.8) is 0 Å². The van der Waals surface area contributed by atoms with E-state index in [1.165, 1.54) is 19.2 Å². The lowest BCUT2D eigenvalue weighted by Crippen LogP contribution is -2.17. The van der Waals surface area contributed by atoms with Crippen LogP contribution in [0, 0.1) is 5.41 Å². The van der Waals surface area contributed by atoms with E-state index < -0.39 is 6.36 Å². The molecule has 0 aliphatic rings. The van der Waals surface area contributed by atoms with Gasteiger partial charge in [0.25, 0.3) is 0 Å². The van der Waals surface area contributed by atoms with Gasteiger partial charge in [-0.1, -0.05) is 6.07 Å². The Morgan fingerprint density at radius 2 is 2.00 bits per heavy atom. The smallest absolute Gasteiger partial charge is 0.481 e. The highest BCUT2D eigenvalue weighted by Crippen LogP contribution is 2.23. The number of methoxy groups -OCH3 is 1. The SMILES string of the molecule is COC(=N)c1cccc(OC(F)(F)F)c1. The molecule has 15 heavy (non-hydrogen) atoms. The minimum Gasteiger partial charge on any atom is -0.481 e. The molecule has 0 amide bonds. The molecule has 0 saturated heterocycles. The van der Waals surface area contributed by atoms with E-state index in [1.807, 2.05) is 0 Å². The largest absolute Gasteiger partial charge is 0.573 e. The van der Waals surface area contributed by atoms with Crippen LogP contribution in [0.25, 0.3) is 0 Å². The first-order valence-electron chi connectivity index (χ1n) is 3.91. The maximum atomic E-state index is 11.8. The van der Waals surface area contributed by atoms with Gasteiger partial charge in [-0.2, -0.15) is 0 Å². The summed E-state index contributed by atoms with van der Waals surface area (Å²) in [7, 11) is 1.26. The summed E-state index contributed by atoms with van der Waals surface area (Å²) in [5.74, 6) is -0.593. The van der Waals surface area contributed by atoms with Crippen LogP contribution in [0.2, 0.25) is 0 Å².